The van der Waals surface area contributed by atoms with E-state index in [-0.39, 0.29) is 6.04 Å². The summed E-state index contributed by atoms with van der Waals surface area (Å²) in [5, 5.41) is 18.0. The van der Waals surface area contributed by atoms with Gasteiger partial charge in [0.1, 0.15) is 35.2 Å². The van der Waals surface area contributed by atoms with Crippen molar-refractivity contribution in [2.45, 2.75) is 13.0 Å². The molecule has 6 heteroatoms. The molecule has 6 nitrogen and oxygen atoms in total. The lowest BCUT2D eigenvalue weighted by molar-refractivity contribution is 0.542. The van der Waals surface area contributed by atoms with Gasteiger partial charge in [-0.1, -0.05) is 12.1 Å². The van der Waals surface area contributed by atoms with Crippen LogP contribution in [0, 0.1) is 22.7 Å². The molecular weight excluding hydrogens is 288 g/mol. The van der Waals surface area contributed by atoms with Crippen LogP contribution in [0.15, 0.2) is 36.4 Å². The van der Waals surface area contributed by atoms with E-state index in [0.29, 0.717) is 11.4 Å². The Balaban J connectivity index is 1.77. The summed E-state index contributed by atoms with van der Waals surface area (Å²) in [4.78, 5) is 13.1. The molecule has 1 aliphatic heterocycles. The number of hydrogen-bond acceptors (Lipinski definition) is 6. The van der Waals surface area contributed by atoms with Gasteiger partial charge < -0.3 is 9.80 Å². The molecule has 0 N–H and O–H groups in total. The molecule has 0 amide bonds. The summed E-state index contributed by atoms with van der Waals surface area (Å²) in [5.41, 5.74) is 0.862. The third-order valence-corrected chi connectivity index (χ3v) is 3.94. The smallest absolute Gasteiger partial charge is 0.142 e. The van der Waals surface area contributed by atoms with Gasteiger partial charge in [-0.05, 0) is 31.2 Å². The summed E-state index contributed by atoms with van der Waals surface area (Å²) < 4.78 is 0. The number of nitriles is 2. The van der Waals surface area contributed by atoms with Crippen molar-refractivity contribution in [3.05, 3.63) is 47.8 Å². The molecule has 2 aromatic heterocycles. The minimum absolute atomic E-state index is 0.234. The average Bonchev–Trinajstić information content (AvgIpc) is 2.61. The van der Waals surface area contributed by atoms with Crippen LogP contribution in [0.2, 0.25) is 0 Å². The van der Waals surface area contributed by atoms with Crippen molar-refractivity contribution >= 4 is 11.6 Å². The number of nitrogens with zero attached hydrogens (tertiary/aromatic N) is 6. The molecule has 0 saturated carbocycles. The van der Waals surface area contributed by atoms with Gasteiger partial charge in [-0.25, -0.2) is 9.97 Å². The monoisotopic (exact) mass is 304 g/mol. The Bertz CT molecular complexity index is 788. The van der Waals surface area contributed by atoms with E-state index < -0.39 is 0 Å². The van der Waals surface area contributed by atoms with E-state index in [0.717, 1.165) is 31.3 Å². The van der Waals surface area contributed by atoms with Gasteiger partial charge in [-0.2, -0.15) is 10.5 Å². The molecule has 2 aromatic rings. The normalized spacial score (nSPS) is 17.4. The van der Waals surface area contributed by atoms with Crippen LogP contribution in [0.25, 0.3) is 0 Å². The van der Waals surface area contributed by atoms with Crippen molar-refractivity contribution in [1.82, 2.24) is 9.97 Å². The fraction of sp³-hybridized carbons (Fsp3) is 0.294. The van der Waals surface area contributed by atoms with E-state index in [2.05, 4.69) is 38.8 Å². The van der Waals surface area contributed by atoms with E-state index in [1.807, 2.05) is 24.3 Å². The van der Waals surface area contributed by atoms with Gasteiger partial charge in [0.15, 0.2) is 0 Å². The zero-order chi connectivity index (χ0) is 16.2. The maximum absolute atomic E-state index is 8.99. The van der Waals surface area contributed by atoms with Crippen LogP contribution in [-0.2, 0) is 0 Å². The summed E-state index contributed by atoms with van der Waals surface area (Å²) in [6.07, 6.45) is 0. The van der Waals surface area contributed by atoms with Crippen LogP contribution in [0.4, 0.5) is 11.6 Å². The summed E-state index contributed by atoms with van der Waals surface area (Å²) in [5.74, 6) is 1.66. The summed E-state index contributed by atoms with van der Waals surface area (Å²) in [7, 11) is 0. The average molecular weight is 304 g/mol. The molecule has 3 heterocycles. The van der Waals surface area contributed by atoms with Crippen LogP contribution in [0.1, 0.15) is 18.3 Å². The number of rotatable bonds is 2. The van der Waals surface area contributed by atoms with E-state index in [9.17, 15) is 0 Å². The molecule has 0 radical (unpaired) electrons. The minimum Gasteiger partial charge on any atom is -0.353 e. The van der Waals surface area contributed by atoms with E-state index in [1.54, 1.807) is 12.1 Å². The molecule has 23 heavy (non-hydrogen) atoms. The van der Waals surface area contributed by atoms with Crippen LogP contribution in [0.3, 0.4) is 0 Å². The van der Waals surface area contributed by atoms with Crippen LogP contribution in [0.5, 0.6) is 0 Å². The van der Waals surface area contributed by atoms with Crippen molar-refractivity contribution in [1.29, 1.82) is 10.5 Å². The van der Waals surface area contributed by atoms with Crippen molar-refractivity contribution in [2.24, 2.45) is 0 Å². The molecular formula is C17H16N6. The first-order chi connectivity index (χ1) is 11.2. The Hall–Kier alpha value is -3.12. The van der Waals surface area contributed by atoms with Crippen molar-refractivity contribution < 1.29 is 0 Å². The number of aromatic nitrogens is 2. The first-order valence-electron chi connectivity index (χ1n) is 7.47. The van der Waals surface area contributed by atoms with Crippen molar-refractivity contribution in [3.8, 4) is 12.1 Å². The molecule has 1 atom stereocenters. The second-order valence-electron chi connectivity index (χ2n) is 5.47. The molecule has 0 aliphatic carbocycles. The highest BCUT2D eigenvalue weighted by Gasteiger charge is 2.25. The van der Waals surface area contributed by atoms with Crippen LogP contribution < -0.4 is 9.80 Å². The van der Waals surface area contributed by atoms with E-state index in [1.165, 1.54) is 0 Å². The summed E-state index contributed by atoms with van der Waals surface area (Å²) in [6, 6.07) is 15.4. The highest BCUT2D eigenvalue weighted by Crippen LogP contribution is 2.22. The summed E-state index contributed by atoms with van der Waals surface area (Å²) in [6.45, 7) is 4.51. The van der Waals surface area contributed by atoms with Gasteiger partial charge >= 0.3 is 0 Å². The minimum atomic E-state index is 0.234. The summed E-state index contributed by atoms with van der Waals surface area (Å²) >= 11 is 0. The highest BCUT2D eigenvalue weighted by molar-refractivity contribution is 5.48. The molecule has 3 rings (SSSR count). The lowest BCUT2D eigenvalue weighted by atomic mass is 10.2. The Morgan fingerprint density at radius 3 is 2.17 bits per heavy atom. The maximum atomic E-state index is 8.99. The fourth-order valence-electron chi connectivity index (χ4n) is 2.81. The zero-order valence-electron chi connectivity index (χ0n) is 12.8. The Morgan fingerprint density at radius 1 is 0.957 bits per heavy atom. The number of hydrogen-bond donors (Lipinski definition) is 0. The van der Waals surface area contributed by atoms with Gasteiger partial charge in [-0.15, -0.1) is 0 Å². The van der Waals surface area contributed by atoms with Gasteiger partial charge in [0, 0.05) is 25.7 Å². The third-order valence-electron chi connectivity index (χ3n) is 3.94. The molecule has 1 saturated heterocycles. The topological polar surface area (TPSA) is 79.8 Å². The second-order valence-corrected chi connectivity index (χ2v) is 5.47. The largest absolute Gasteiger partial charge is 0.353 e. The molecule has 0 bridgehead atoms. The maximum Gasteiger partial charge on any atom is 0.142 e. The Morgan fingerprint density at radius 2 is 1.57 bits per heavy atom. The Labute approximate surface area is 135 Å². The quantitative estimate of drug-likeness (QED) is 0.843. The van der Waals surface area contributed by atoms with Gasteiger partial charge in [0.2, 0.25) is 0 Å². The molecule has 0 aromatic carbocycles. The molecule has 114 valence electrons. The van der Waals surface area contributed by atoms with Gasteiger partial charge in [-0.3, -0.25) is 0 Å². The number of anilines is 2. The van der Waals surface area contributed by atoms with E-state index in [4.69, 9.17) is 10.5 Å². The SMILES string of the molecule is C[C@@H]1CN(c2cccc(C#N)n2)CCN1c1cccc(C#N)n1. The lowest BCUT2D eigenvalue weighted by Crippen LogP contribution is -2.52. The zero-order valence-corrected chi connectivity index (χ0v) is 12.8. The highest BCUT2D eigenvalue weighted by atomic mass is 15.3. The number of pyridine rings is 2. The molecule has 1 fully saturated rings. The van der Waals surface area contributed by atoms with Crippen LogP contribution >= 0.6 is 0 Å². The standard InChI is InChI=1S/C17H16N6/c1-13-12-22(16-6-2-4-14(10-18)20-16)8-9-23(13)17-7-3-5-15(11-19)21-17/h2-7,13H,8-9,12H2,1H3/t13-/m1/s1. The number of piperazine rings is 1. The molecule has 1 aliphatic rings. The van der Waals surface area contributed by atoms with Gasteiger partial charge in [0.05, 0.1) is 0 Å². The van der Waals surface area contributed by atoms with Crippen molar-refractivity contribution in [2.75, 3.05) is 29.4 Å². The first kappa shape index (κ1) is 14.8. The third kappa shape index (κ3) is 3.07. The lowest BCUT2D eigenvalue weighted by Gasteiger charge is -2.41. The second kappa shape index (κ2) is 6.33. The van der Waals surface area contributed by atoms with E-state index >= 15 is 0 Å². The predicted octanol–water partition coefficient (Wildman–Crippen LogP) is 1.94. The predicted molar refractivity (Wildman–Crippen MR) is 86.9 cm³/mol. The van der Waals surface area contributed by atoms with Crippen molar-refractivity contribution in [3.63, 3.8) is 0 Å². The first-order valence-corrected chi connectivity index (χ1v) is 7.47. The van der Waals surface area contributed by atoms with Gasteiger partial charge in [0.25, 0.3) is 0 Å². The molecule has 0 unspecified atom stereocenters. The fourth-order valence-corrected chi connectivity index (χ4v) is 2.81. The molecule has 0 spiro atoms. The van der Waals surface area contributed by atoms with Crippen LogP contribution in [-0.4, -0.2) is 35.6 Å². The Kier molecular flexibility index (Phi) is 4.07.